The molecule has 1 aromatic carbocycles. The number of fused-ring (bicyclic) bond motifs is 5. The van der Waals surface area contributed by atoms with Crippen molar-refractivity contribution in [3.05, 3.63) is 90.1 Å². The zero-order chi connectivity index (χ0) is 34.1. The number of nitrogens with one attached hydrogen (secondary N) is 1. The van der Waals surface area contributed by atoms with Gasteiger partial charge in [-0.05, 0) is 81.7 Å². The third-order valence-corrected chi connectivity index (χ3v) is 8.93. The molecule has 2 N–H and O–H groups in total. The molecule has 4 bridgehead atoms. The highest BCUT2D eigenvalue weighted by molar-refractivity contribution is 7.97. The number of carbonyl (C=O) groups excluding carboxylic acids is 1. The number of hydrogen-bond donors (Lipinski definition) is 2. The number of amides is 1. The van der Waals surface area contributed by atoms with E-state index in [1.807, 2.05) is 29.4 Å². The fourth-order valence-corrected chi connectivity index (χ4v) is 7.07. The fraction of sp³-hybridized carbons (Fsp3) is 0.500. The molecule has 8 heteroatoms. The Morgan fingerprint density at radius 3 is 2.35 bits per heavy atom. The van der Waals surface area contributed by atoms with Crippen LogP contribution in [0.4, 0.5) is 11.6 Å². The van der Waals surface area contributed by atoms with Crippen LogP contribution in [0.15, 0.2) is 78.3 Å². The summed E-state index contributed by atoms with van der Waals surface area (Å²) >= 11 is 1.46. The lowest BCUT2D eigenvalue weighted by Crippen LogP contribution is -2.37. The molecule has 2 aliphatic rings. The van der Waals surface area contributed by atoms with Crippen LogP contribution in [0, 0.1) is 11.8 Å². The van der Waals surface area contributed by atoms with E-state index in [-0.39, 0.29) is 22.9 Å². The number of pyridine rings is 2. The minimum Gasteiger partial charge on any atom is -0.400 e. The van der Waals surface area contributed by atoms with Gasteiger partial charge in [0, 0.05) is 48.8 Å². The zero-order valence-electron chi connectivity index (χ0n) is 29.4. The largest absolute Gasteiger partial charge is 0.400 e. The van der Waals surface area contributed by atoms with Crippen molar-refractivity contribution in [1.29, 1.82) is 0 Å². The van der Waals surface area contributed by atoms with Crippen LogP contribution in [-0.2, 0) is 5.41 Å². The molecule has 0 fully saturated rings. The van der Waals surface area contributed by atoms with Crippen molar-refractivity contribution in [2.75, 3.05) is 30.4 Å². The van der Waals surface area contributed by atoms with Crippen LogP contribution in [0.3, 0.4) is 0 Å². The molecule has 2 unspecified atom stereocenters. The van der Waals surface area contributed by atoms with E-state index in [2.05, 4.69) is 108 Å². The number of aliphatic hydroxyl groups is 1. The molecule has 1 amide bonds. The highest BCUT2D eigenvalue weighted by Crippen LogP contribution is 2.39. The number of carbonyl (C=O) groups is 1. The smallest absolute Gasteiger partial charge is 0.267 e. The fourth-order valence-electron chi connectivity index (χ4n) is 6.10. The predicted molar refractivity (Wildman–Crippen MR) is 194 cm³/mol. The minimum absolute atomic E-state index is 0.0155. The van der Waals surface area contributed by atoms with Crippen LogP contribution >= 0.6 is 11.9 Å². The number of rotatable bonds is 3. The van der Waals surface area contributed by atoms with E-state index in [1.165, 1.54) is 17.5 Å². The summed E-state index contributed by atoms with van der Waals surface area (Å²) in [4.78, 5) is 26.9. The Morgan fingerprint density at radius 2 is 1.72 bits per heavy atom. The first-order chi connectivity index (χ1) is 21.8. The lowest BCUT2D eigenvalue weighted by Gasteiger charge is -2.36. The van der Waals surface area contributed by atoms with Gasteiger partial charge in [0.2, 0.25) is 0 Å². The molecule has 4 heterocycles. The molecule has 0 saturated heterocycles. The standard InChI is InChI=1S/C34H45N5OS.C3H6.CH4O/c1-23(2)21-38-27(25-12-9-8-10-13-25)18-16-24-20-34(6,7)37-31-26(17-19-28(35-31)33(3,4)5)32(40)39(22-24)41-30-15-11-14-29(38)36-30;1-3-2;1-2/h8-15,17,19,23-24,27H,16,18,20-22H2,1-7H3,(H,35,37);3H,1H2,2H3;2H,1H3. The van der Waals surface area contributed by atoms with Gasteiger partial charge in [0.25, 0.3) is 5.91 Å². The van der Waals surface area contributed by atoms with Gasteiger partial charge < -0.3 is 15.3 Å². The lowest BCUT2D eigenvalue weighted by molar-refractivity contribution is 0.0853. The van der Waals surface area contributed by atoms with Gasteiger partial charge in [-0.15, -0.1) is 6.58 Å². The quantitative estimate of drug-likeness (QED) is 0.217. The van der Waals surface area contributed by atoms with Crippen LogP contribution in [-0.4, -0.2) is 51.0 Å². The molecular formula is C38H55N5O2S. The van der Waals surface area contributed by atoms with Gasteiger partial charge in [0.15, 0.2) is 0 Å². The lowest BCUT2D eigenvalue weighted by atomic mass is 9.85. The Bertz CT molecular complexity index is 1420. The third-order valence-electron chi connectivity index (χ3n) is 7.98. The Hall–Kier alpha value is -3.36. The van der Waals surface area contributed by atoms with Crippen molar-refractivity contribution in [2.24, 2.45) is 11.8 Å². The molecule has 0 aliphatic carbocycles. The molecule has 2 atom stereocenters. The Labute approximate surface area is 282 Å². The second-order valence-electron chi connectivity index (χ2n) is 14.2. The van der Waals surface area contributed by atoms with Gasteiger partial charge in [-0.2, -0.15) is 0 Å². The van der Waals surface area contributed by atoms with E-state index >= 15 is 0 Å². The van der Waals surface area contributed by atoms with E-state index in [1.54, 1.807) is 6.08 Å². The van der Waals surface area contributed by atoms with E-state index in [9.17, 15) is 4.79 Å². The average molecular weight is 646 g/mol. The van der Waals surface area contributed by atoms with Crippen molar-refractivity contribution in [3.63, 3.8) is 0 Å². The van der Waals surface area contributed by atoms with E-state index in [0.29, 0.717) is 29.8 Å². The summed E-state index contributed by atoms with van der Waals surface area (Å²) in [6.45, 7) is 22.3. The number of allylic oxidation sites excluding steroid dienone is 1. The highest BCUT2D eigenvalue weighted by Gasteiger charge is 2.35. The van der Waals surface area contributed by atoms with Crippen LogP contribution in [0.5, 0.6) is 0 Å². The first-order valence-corrected chi connectivity index (χ1v) is 17.2. The molecule has 2 aromatic heterocycles. The SMILES string of the molecule is C=CC.CC(C)CN1c2cccc(n2)SN2CC(CCC1c1ccccc1)CC(C)(C)Nc1nc(C(C)(C)C)ccc1C2=O.CO. The van der Waals surface area contributed by atoms with Crippen molar-refractivity contribution in [3.8, 4) is 0 Å². The van der Waals surface area contributed by atoms with E-state index < -0.39 is 0 Å². The van der Waals surface area contributed by atoms with Crippen molar-refractivity contribution >= 4 is 29.5 Å². The molecule has 7 nitrogen and oxygen atoms in total. The maximum Gasteiger partial charge on any atom is 0.267 e. The molecule has 0 radical (unpaired) electrons. The predicted octanol–water partition coefficient (Wildman–Crippen LogP) is 8.93. The number of nitrogens with zero attached hydrogens (tertiary/aromatic N) is 4. The summed E-state index contributed by atoms with van der Waals surface area (Å²) in [5, 5.41) is 11.5. The van der Waals surface area contributed by atoms with Crippen LogP contribution in [0.1, 0.15) is 102 Å². The summed E-state index contributed by atoms with van der Waals surface area (Å²) in [6.07, 6.45) is 4.65. The van der Waals surface area contributed by atoms with Gasteiger partial charge in [0.05, 0.1) is 11.6 Å². The zero-order valence-corrected chi connectivity index (χ0v) is 30.2. The molecule has 250 valence electrons. The van der Waals surface area contributed by atoms with Crippen LogP contribution in [0.25, 0.3) is 0 Å². The third kappa shape index (κ3) is 9.82. The van der Waals surface area contributed by atoms with E-state index in [4.69, 9.17) is 15.1 Å². The minimum atomic E-state index is -0.236. The number of aliphatic hydroxyl groups excluding tert-OH is 1. The topological polar surface area (TPSA) is 81.6 Å². The van der Waals surface area contributed by atoms with Crippen LogP contribution < -0.4 is 10.2 Å². The van der Waals surface area contributed by atoms with Gasteiger partial charge in [0.1, 0.15) is 16.7 Å². The van der Waals surface area contributed by atoms with Gasteiger partial charge in [-0.25, -0.2) is 9.97 Å². The molecule has 0 spiro atoms. The molecule has 3 aromatic rings. The Morgan fingerprint density at radius 1 is 1.04 bits per heavy atom. The first kappa shape index (κ1) is 37.1. The number of aromatic nitrogens is 2. The molecule has 5 rings (SSSR count). The molecule has 2 aliphatic heterocycles. The summed E-state index contributed by atoms with van der Waals surface area (Å²) in [5.74, 6) is 2.41. The second kappa shape index (κ2) is 16.5. The summed E-state index contributed by atoms with van der Waals surface area (Å²) < 4.78 is 1.94. The number of benzene rings is 1. The molecule has 0 saturated carbocycles. The Kier molecular flexibility index (Phi) is 13.3. The van der Waals surface area contributed by atoms with Gasteiger partial charge in [-0.1, -0.05) is 77.1 Å². The van der Waals surface area contributed by atoms with Crippen molar-refractivity contribution in [1.82, 2.24) is 14.3 Å². The maximum absolute atomic E-state index is 14.3. The summed E-state index contributed by atoms with van der Waals surface area (Å²) in [6, 6.07) is 21.2. The maximum atomic E-state index is 14.3. The normalized spacial score (nSPS) is 19.3. The number of hydrogen-bond acceptors (Lipinski definition) is 7. The first-order valence-electron chi connectivity index (χ1n) is 16.4. The summed E-state index contributed by atoms with van der Waals surface area (Å²) in [7, 11) is 1.00. The molecule has 46 heavy (non-hydrogen) atoms. The molecular weight excluding hydrogens is 591 g/mol. The average Bonchev–Trinajstić information content (AvgIpc) is 3.02. The monoisotopic (exact) mass is 645 g/mol. The van der Waals surface area contributed by atoms with Crippen molar-refractivity contribution < 1.29 is 9.90 Å². The van der Waals surface area contributed by atoms with Gasteiger partial charge in [-0.3, -0.25) is 9.10 Å². The summed E-state index contributed by atoms with van der Waals surface area (Å²) in [5.41, 5.74) is 2.55. The highest BCUT2D eigenvalue weighted by atomic mass is 32.2. The number of anilines is 2. The van der Waals surface area contributed by atoms with Crippen molar-refractivity contribution in [2.45, 2.75) is 96.7 Å². The second-order valence-corrected chi connectivity index (χ2v) is 15.2. The van der Waals surface area contributed by atoms with E-state index in [0.717, 1.165) is 49.5 Å². The van der Waals surface area contributed by atoms with Crippen LogP contribution in [0.2, 0.25) is 0 Å². The Balaban J connectivity index is 0.00000109. The van der Waals surface area contributed by atoms with Gasteiger partial charge >= 0.3 is 0 Å².